The lowest BCUT2D eigenvalue weighted by Gasteiger charge is -2.18. The molecule has 25 heavy (non-hydrogen) atoms. The number of carbonyl (C=O) groups is 1. The van der Waals surface area contributed by atoms with Crippen LogP contribution in [0.25, 0.3) is 0 Å². The van der Waals surface area contributed by atoms with Gasteiger partial charge in [-0.25, -0.2) is 4.98 Å². The number of aromatic amines is 1. The van der Waals surface area contributed by atoms with E-state index in [9.17, 15) is 4.79 Å². The summed E-state index contributed by atoms with van der Waals surface area (Å²) in [6, 6.07) is 15.7. The number of nitrogens with zero attached hydrogens (tertiary/aromatic N) is 2. The number of nitrogens with one attached hydrogen (secondary N) is 1. The average Bonchev–Trinajstić information content (AvgIpc) is 3.10. The Balaban J connectivity index is 1.61. The van der Waals surface area contributed by atoms with Gasteiger partial charge in [0.05, 0.1) is 12.7 Å². The van der Waals surface area contributed by atoms with Crippen molar-refractivity contribution < 1.29 is 4.79 Å². The quantitative estimate of drug-likeness (QED) is 0.731. The predicted octanol–water partition coefficient (Wildman–Crippen LogP) is 3.86. The van der Waals surface area contributed by atoms with Crippen LogP contribution in [0, 0.1) is 0 Å². The van der Waals surface area contributed by atoms with Crippen molar-refractivity contribution in [3.8, 4) is 0 Å². The minimum absolute atomic E-state index is 0.0845. The molecule has 3 aromatic rings. The molecule has 1 heterocycles. The summed E-state index contributed by atoms with van der Waals surface area (Å²) in [7, 11) is 1.83. The maximum Gasteiger partial charge on any atom is 0.227 e. The molecule has 0 saturated heterocycles. The Morgan fingerprint density at radius 2 is 1.88 bits per heavy atom. The van der Waals surface area contributed by atoms with E-state index < -0.39 is 0 Å². The van der Waals surface area contributed by atoms with Crippen LogP contribution < -0.4 is 0 Å². The molecule has 3 rings (SSSR count). The van der Waals surface area contributed by atoms with Gasteiger partial charge in [-0.3, -0.25) is 4.79 Å². The van der Waals surface area contributed by atoms with Crippen molar-refractivity contribution in [2.75, 3.05) is 7.05 Å². The van der Waals surface area contributed by atoms with E-state index in [4.69, 9.17) is 11.6 Å². The molecule has 0 radical (unpaired) electrons. The van der Waals surface area contributed by atoms with Gasteiger partial charge in [0.2, 0.25) is 5.91 Å². The summed E-state index contributed by atoms with van der Waals surface area (Å²) >= 11 is 5.88. The van der Waals surface area contributed by atoms with E-state index in [-0.39, 0.29) is 5.91 Å². The highest BCUT2D eigenvalue weighted by molar-refractivity contribution is 6.30. The number of hydrogen-bond donors (Lipinski definition) is 1. The lowest BCUT2D eigenvalue weighted by Crippen LogP contribution is -2.27. The van der Waals surface area contributed by atoms with Crippen LogP contribution in [0.4, 0.5) is 0 Å². The van der Waals surface area contributed by atoms with E-state index in [1.54, 1.807) is 11.2 Å². The Labute approximate surface area is 152 Å². The smallest absolute Gasteiger partial charge is 0.227 e. The molecule has 0 fully saturated rings. The monoisotopic (exact) mass is 353 g/mol. The highest BCUT2D eigenvalue weighted by atomic mass is 35.5. The molecule has 128 valence electrons. The fourth-order valence-corrected chi connectivity index (χ4v) is 2.84. The van der Waals surface area contributed by atoms with Crippen molar-refractivity contribution in [3.63, 3.8) is 0 Å². The first-order valence-corrected chi connectivity index (χ1v) is 8.51. The van der Waals surface area contributed by atoms with Gasteiger partial charge in [0, 0.05) is 36.9 Å². The average molecular weight is 354 g/mol. The molecule has 0 aliphatic rings. The lowest BCUT2D eigenvalue weighted by atomic mass is 10.1. The number of aromatic nitrogens is 2. The number of benzene rings is 2. The van der Waals surface area contributed by atoms with Crippen molar-refractivity contribution >= 4 is 17.5 Å². The molecule has 1 amide bonds. The Kier molecular flexibility index (Phi) is 5.51. The van der Waals surface area contributed by atoms with Crippen LogP contribution in [0.15, 0.2) is 61.1 Å². The van der Waals surface area contributed by atoms with Crippen LogP contribution in [0.3, 0.4) is 0 Å². The van der Waals surface area contributed by atoms with Crippen molar-refractivity contribution in [1.82, 2.24) is 14.9 Å². The van der Waals surface area contributed by atoms with Crippen molar-refractivity contribution in [2.45, 2.75) is 19.4 Å². The van der Waals surface area contributed by atoms with E-state index in [2.05, 4.69) is 22.1 Å². The molecule has 0 aliphatic heterocycles. The van der Waals surface area contributed by atoms with Gasteiger partial charge in [-0.15, -0.1) is 0 Å². The van der Waals surface area contributed by atoms with Crippen LogP contribution in [0.5, 0.6) is 0 Å². The SMILES string of the molecule is CN(Cc1cccc(Cc2cnc[nH]2)c1)C(=O)Cc1ccc(Cl)cc1. The first-order chi connectivity index (χ1) is 12.1. The largest absolute Gasteiger partial charge is 0.348 e. The summed E-state index contributed by atoms with van der Waals surface area (Å²) < 4.78 is 0. The van der Waals surface area contributed by atoms with Gasteiger partial charge in [0.25, 0.3) is 0 Å². The zero-order valence-electron chi connectivity index (χ0n) is 14.1. The lowest BCUT2D eigenvalue weighted by molar-refractivity contribution is -0.129. The minimum atomic E-state index is 0.0845. The highest BCUT2D eigenvalue weighted by Gasteiger charge is 2.11. The molecule has 0 saturated carbocycles. The summed E-state index contributed by atoms with van der Waals surface area (Å²) in [6.07, 6.45) is 4.69. The van der Waals surface area contributed by atoms with E-state index in [0.29, 0.717) is 18.0 Å². The fraction of sp³-hybridized carbons (Fsp3) is 0.200. The number of likely N-dealkylation sites (N-methyl/N-ethyl adjacent to an activating group) is 1. The van der Waals surface area contributed by atoms with Gasteiger partial charge in [-0.1, -0.05) is 48.0 Å². The number of imidazole rings is 1. The van der Waals surface area contributed by atoms with Crippen LogP contribution in [0.2, 0.25) is 5.02 Å². The highest BCUT2D eigenvalue weighted by Crippen LogP contribution is 2.13. The molecule has 5 heteroatoms. The van der Waals surface area contributed by atoms with Crippen LogP contribution >= 0.6 is 11.6 Å². The maximum absolute atomic E-state index is 12.4. The van der Waals surface area contributed by atoms with Gasteiger partial charge in [0.15, 0.2) is 0 Å². The molecule has 0 aliphatic carbocycles. The minimum Gasteiger partial charge on any atom is -0.348 e. The van der Waals surface area contributed by atoms with Gasteiger partial charge in [0.1, 0.15) is 0 Å². The number of H-pyrrole nitrogens is 1. The molecular formula is C20H20ClN3O. The fourth-order valence-electron chi connectivity index (χ4n) is 2.71. The second kappa shape index (κ2) is 7.99. The zero-order chi connectivity index (χ0) is 17.6. The molecule has 1 aromatic heterocycles. The molecule has 0 atom stereocenters. The summed E-state index contributed by atoms with van der Waals surface area (Å²) in [6.45, 7) is 0.587. The zero-order valence-corrected chi connectivity index (χ0v) is 14.8. The third kappa shape index (κ3) is 4.94. The Morgan fingerprint density at radius 3 is 2.60 bits per heavy atom. The number of halogens is 1. The van der Waals surface area contributed by atoms with Crippen LogP contribution in [0.1, 0.15) is 22.4 Å². The standard InChI is InChI=1S/C20H20ClN3O/c1-24(20(25)11-15-5-7-18(21)8-6-15)13-17-4-2-3-16(9-17)10-19-12-22-14-23-19/h2-9,12,14H,10-11,13H2,1H3,(H,22,23). The van der Waals surface area contributed by atoms with Crippen LogP contribution in [-0.4, -0.2) is 27.8 Å². The summed E-state index contributed by atoms with van der Waals surface area (Å²) in [5, 5.41) is 0.679. The maximum atomic E-state index is 12.4. The first-order valence-electron chi connectivity index (χ1n) is 8.13. The van der Waals surface area contributed by atoms with E-state index >= 15 is 0 Å². The first kappa shape index (κ1) is 17.2. The summed E-state index contributed by atoms with van der Waals surface area (Å²) in [5.74, 6) is 0.0845. The van der Waals surface area contributed by atoms with Crippen molar-refractivity contribution in [1.29, 1.82) is 0 Å². The van der Waals surface area contributed by atoms with E-state index in [1.807, 2.05) is 49.6 Å². The molecule has 1 N–H and O–H groups in total. The third-order valence-corrected chi connectivity index (χ3v) is 4.31. The van der Waals surface area contributed by atoms with Gasteiger partial charge in [-0.05, 0) is 28.8 Å². The second-order valence-corrected chi connectivity index (χ2v) is 6.56. The topological polar surface area (TPSA) is 49.0 Å². The summed E-state index contributed by atoms with van der Waals surface area (Å²) in [4.78, 5) is 21.3. The Hall–Kier alpha value is -2.59. The second-order valence-electron chi connectivity index (χ2n) is 6.13. The van der Waals surface area contributed by atoms with Crippen molar-refractivity contribution in [2.24, 2.45) is 0 Å². The van der Waals surface area contributed by atoms with Crippen LogP contribution in [-0.2, 0) is 24.2 Å². The molecule has 4 nitrogen and oxygen atoms in total. The van der Waals surface area contributed by atoms with Gasteiger partial charge in [-0.2, -0.15) is 0 Å². The van der Waals surface area contributed by atoms with Crippen molar-refractivity contribution in [3.05, 3.63) is 88.5 Å². The van der Waals surface area contributed by atoms with Gasteiger partial charge < -0.3 is 9.88 Å². The molecule has 0 bridgehead atoms. The predicted molar refractivity (Wildman–Crippen MR) is 99.5 cm³/mol. The number of amides is 1. The molecule has 0 spiro atoms. The van der Waals surface area contributed by atoms with Gasteiger partial charge >= 0.3 is 0 Å². The number of carbonyl (C=O) groups excluding carboxylic acids is 1. The number of rotatable bonds is 6. The molecule has 2 aromatic carbocycles. The summed E-state index contributed by atoms with van der Waals surface area (Å²) in [5.41, 5.74) is 4.35. The molecule has 0 unspecified atom stereocenters. The Bertz CT molecular complexity index is 828. The molecular weight excluding hydrogens is 334 g/mol. The van der Waals surface area contributed by atoms with E-state index in [1.165, 1.54) is 5.56 Å². The Morgan fingerprint density at radius 1 is 1.12 bits per heavy atom. The normalized spacial score (nSPS) is 10.6. The third-order valence-electron chi connectivity index (χ3n) is 4.05. The van der Waals surface area contributed by atoms with E-state index in [0.717, 1.165) is 23.2 Å². The number of hydrogen-bond acceptors (Lipinski definition) is 2.